The van der Waals surface area contributed by atoms with Crippen molar-refractivity contribution in [3.05, 3.63) is 84.4 Å². The number of hydrogen-bond donors (Lipinski definition) is 0. The van der Waals surface area contributed by atoms with Crippen molar-refractivity contribution >= 4 is 0 Å². The van der Waals surface area contributed by atoms with Crippen LogP contribution in [0.3, 0.4) is 0 Å². The Bertz CT molecular complexity index is 716. The van der Waals surface area contributed by atoms with E-state index in [4.69, 9.17) is 0 Å². The molecule has 20 heavy (non-hydrogen) atoms. The van der Waals surface area contributed by atoms with Crippen LogP contribution in [0.2, 0.25) is 0 Å². The third kappa shape index (κ3) is 2.32. The van der Waals surface area contributed by atoms with E-state index in [1.54, 1.807) is 18.2 Å². The highest BCUT2D eigenvalue weighted by atomic mass is 19.2. The number of benzene rings is 3. The van der Waals surface area contributed by atoms with Crippen LogP contribution in [-0.2, 0) is 0 Å². The largest absolute Gasteiger partial charge is 0.204 e. The molecule has 0 heterocycles. The predicted octanol–water partition coefficient (Wildman–Crippen LogP) is 5.30. The van der Waals surface area contributed by atoms with E-state index in [1.165, 1.54) is 6.07 Å². The van der Waals surface area contributed by atoms with Gasteiger partial charge in [0.25, 0.3) is 0 Å². The molecule has 3 aromatic rings. The van der Waals surface area contributed by atoms with Crippen molar-refractivity contribution < 1.29 is 8.78 Å². The van der Waals surface area contributed by atoms with E-state index in [9.17, 15) is 8.78 Å². The van der Waals surface area contributed by atoms with Gasteiger partial charge in [0, 0.05) is 5.56 Å². The second-order valence-electron chi connectivity index (χ2n) is 4.54. The summed E-state index contributed by atoms with van der Waals surface area (Å²) in [7, 11) is 0. The van der Waals surface area contributed by atoms with Crippen molar-refractivity contribution in [2.75, 3.05) is 0 Å². The molecule has 0 amide bonds. The molecular weight excluding hydrogens is 254 g/mol. The molecule has 0 bridgehead atoms. The van der Waals surface area contributed by atoms with Crippen LogP contribution in [0.25, 0.3) is 22.3 Å². The van der Waals surface area contributed by atoms with Gasteiger partial charge in [0.15, 0.2) is 11.6 Å². The van der Waals surface area contributed by atoms with E-state index < -0.39 is 11.6 Å². The van der Waals surface area contributed by atoms with Crippen LogP contribution in [0.5, 0.6) is 0 Å². The Morgan fingerprint density at radius 2 is 1.10 bits per heavy atom. The molecule has 0 spiro atoms. The maximum Gasteiger partial charge on any atom is 0.166 e. The van der Waals surface area contributed by atoms with Crippen LogP contribution in [0.15, 0.2) is 72.8 Å². The Balaban J connectivity index is 2.00. The van der Waals surface area contributed by atoms with Gasteiger partial charge in [0.1, 0.15) is 0 Å². The summed E-state index contributed by atoms with van der Waals surface area (Å²) in [6, 6.07) is 21.6. The van der Waals surface area contributed by atoms with Gasteiger partial charge in [-0.2, -0.15) is 0 Å². The molecule has 3 aromatic carbocycles. The first-order chi connectivity index (χ1) is 9.75. The van der Waals surface area contributed by atoms with Crippen LogP contribution < -0.4 is 0 Å². The Morgan fingerprint density at radius 3 is 1.80 bits per heavy atom. The Morgan fingerprint density at radius 1 is 0.500 bits per heavy atom. The smallest absolute Gasteiger partial charge is 0.166 e. The maximum absolute atomic E-state index is 13.7. The van der Waals surface area contributed by atoms with E-state index in [0.29, 0.717) is 5.56 Å². The van der Waals surface area contributed by atoms with Crippen molar-refractivity contribution in [2.24, 2.45) is 0 Å². The summed E-state index contributed by atoms with van der Waals surface area (Å²) in [6.45, 7) is 0. The molecule has 0 aliphatic heterocycles. The normalized spacial score (nSPS) is 10.5. The quantitative estimate of drug-likeness (QED) is 0.590. The molecule has 0 aliphatic carbocycles. The van der Waals surface area contributed by atoms with E-state index in [2.05, 4.69) is 0 Å². The van der Waals surface area contributed by atoms with Gasteiger partial charge in [0.05, 0.1) is 0 Å². The van der Waals surface area contributed by atoms with Gasteiger partial charge in [-0.05, 0) is 22.8 Å². The summed E-state index contributed by atoms with van der Waals surface area (Å²) in [5.74, 6) is -1.63. The molecule has 0 aromatic heterocycles. The van der Waals surface area contributed by atoms with Crippen LogP contribution in [0.1, 0.15) is 0 Å². The van der Waals surface area contributed by atoms with Crippen LogP contribution >= 0.6 is 0 Å². The molecule has 0 aliphatic rings. The number of rotatable bonds is 2. The lowest BCUT2D eigenvalue weighted by Gasteiger charge is -2.06. The minimum absolute atomic E-state index is 0.282. The molecule has 0 atom stereocenters. The molecular formula is C18H12F2. The standard InChI is InChI=1S/C18H12F2/c19-17-8-4-7-16(18(17)20)15-11-9-14(10-12-15)13-5-2-1-3-6-13/h1-12H. The van der Waals surface area contributed by atoms with E-state index >= 15 is 0 Å². The van der Waals surface area contributed by atoms with E-state index in [-0.39, 0.29) is 5.56 Å². The molecule has 0 unspecified atom stereocenters. The molecule has 2 heteroatoms. The van der Waals surface area contributed by atoms with Crippen molar-refractivity contribution in [3.8, 4) is 22.3 Å². The minimum Gasteiger partial charge on any atom is -0.204 e. The van der Waals surface area contributed by atoms with Crippen LogP contribution in [-0.4, -0.2) is 0 Å². The molecule has 0 saturated heterocycles. The Hall–Kier alpha value is -2.48. The van der Waals surface area contributed by atoms with Gasteiger partial charge in [-0.3, -0.25) is 0 Å². The summed E-state index contributed by atoms with van der Waals surface area (Å²) in [5, 5.41) is 0. The lowest BCUT2D eigenvalue weighted by atomic mass is 10.00. The Kier molecular flexibility index (Phi) is 3.30. The highest BCUT2D eigenvalue weighted by Gasteiger charge is 2.09. The maximum atomic E-state index is 13.7. The summed E-state index contributed by atoms with van der Waals surface area (Å²) in [4.78, 5) is 0. The van der Waals surface area contributed by atoms with Crippen molar-refractivity contribution in [3.63, 3.8) is 0 Å². The second kappa shape index (κ2) is 5.25. The minimum atomic E-state index is -0.824. The lowest BCUT2D eigenvalue weighted by Crippen LogP contribution is -1.89. The fourth-order valence-corrected chi connectivity index (χ4v) is 2.20. The molecule has 0 radical (unpaired) electrons. The zero-order valence-electron chi connectivity index (χ0n) is 10.7. The highest BCUT2D eigenvalue weighted by molar-refractivity contribution is 5.70. The fraction of sp³-hybridized carbons (Fsp3) is 0. The average molecular weight is 266 g/mol. The topological polar surface area (TPSA) is 0 Å². The molecule has 3 rings (SSSR count). The first-order valence-electron chi connectivity index (χ1n) is 6.35. The van der Waals surface area contributed by atoms with E-state index in [1.807, 2.05) is 42.5 Å². The average Bonchev–Trinajstić information content (AvgIpc) is 2.51. The lowest BCUT2D eigenvalue weighted by molar-refractivity contribution is 0.511. The third-order valence-corrected chi connectivity index (χ3v) is 3.25. The van der Waals surface area contributed by atoms with Gasteiger partial charge in [-0.1, -0.05) is 66.7 Å². The van der Waals surface area contributed by atoms with E-state index in [0.717, 1.165) is 17.2 Å². The summed E-state index contributed by atoms with van der Waals surface area (Å²) in [6.07, 6.45) is 0. The monoisotopic (exact) mass is 266 g/mol. The second-order valence-corrected chi connectivity index (χ2v) is 4.54. The first kappa shape index (κ1) is 12.5. The van der Waals surface area contributed by atoms with Gasteiger partial charge < -0.3 is 0 Å². The summed E-state index contributed by atoms with van der Waals surface area (Å²) >= 11 is 0. The fourth-order valence-electron chi connectivity index (χ4n) is 2.20. The SMILES string of the molecule is Fc1cccc(-c2ccc(-c3ccccc3)cc2)c1F. The third-order valence-electron chi connectivity index (χ3n) is 3.25. The first-order valence-corrected chi connectivity index (χ1v) is 6.35. The van der Waals surface area contributed by atoms with Crippen LogP contribution in [0, 0.1) is 11.6 Å². The molecule has 0 fully saturated rings. The molecule has 98 valence electrons. The van der Waals surface area contributed by atoms with Crippen molar-refractivity contribution in [1.82, 2.24) is 0 Å². The van der Waals surface area contributed by atoms with Gasteiger partial charge in [-0.15, -0.1) is 0 Å². The Labute approximate surface area is 116 Å². The molecule has 0 saturated carbocycles. The van der Waals surface area contributed by atoms with Crippen molar-refractivity contribution in [2.45, 2.75) is 0 Å². The van der Waals surface area contributed by atoms with Gasteiger partial charge >= 0.3 is 0 Å². The highest BCUT2D eigenvalue weighted by Crippen LogP contribution is 2.27. The van der Waals surface area contributed by atoms with Gasteiger partial charge in [0.2, 0.25) is 0 Å². The van der Waals surface area contributed by atoms with Crippen molar-refractivity contribution in [1.29, 1.82) is 0 Å². The zero-order chi connectivity index (χ0) is 13.9. The summed E-state index contributed by atoms with van der Waals surface area (Å²) < 4.78 is 27.0. The van der Waals surface area contributed by atoms with Gasteiger partial charge in [-0.25, -0.2) is 8.78 Å². The molecule has 0 N–H and O–H groups in total. The summed E-state index contributed by atoms with van der Waals surface area (Å²) in [5.41, 5.74) is 3.09. The number of hydrogen-bond acceptors (Lipinski definition) is 0. The van der Waals surface area contributed by atoms with Crippen LogP contribution in [0.4, 0.5) is 8.78 Å². The molecule has 0 nitrogen and oxygen atoms in total. The number of halogens is 2. The predicted molar refractivity (Wildman–Crippen MR) is 77.2 cm³/mol. The zero-order valence-corrected chi connectivity index (χ0v) is 10.7.